The summed E-state index contributed by atoms with van der Waals surface area (Å²) < 4.78 is 12.9. The summed E-state index contributed by atoms with van der Waals surface area (Å²) in [6.45, 7) is 2.07. The van der Waals surface area contributed by atoms with Gasteiger partial charge in [-0.3, -0.25) is 20.2 Å². The van der Waals surface area contributed by atoms with E-state index in [1.807, 2.05) is 66.7 Å². The number of ether oxygens (including phenoxy) is 2. The van der Waals surface area contributed by atoms with Crippen LogP contribution in [0.1, 0.15) is 72.6 Å². The smallest absolute Gasteiger partial charge is 0.435 e. The van der Waals surface area contributed by atoms with Crippen LogP contribution < -0.4 is 10.7 Å². The van der Waals surface area contributed by atoms with Crippen LogP contribution in [-0.2, 0) is 27.2 Å². The molecule has 1 unspecified atom stereocenters. The van der Waals surface area contributed by atoms with Crippen molar-refractivity contribution in [3.8, 4) is 11.1 Å². The summed E-state index contributed by atoms with van der Waals surface area (Å²) in [4.78, 5) is 49.4. The molecule has 7 rings (SSSR count). The van der Waals surface area contributed by atoms with Gasteiger partial charge in [-0.05, 0) is 54.5 Å². The predicted octanol–water partition coefficient (Wildman–Crippen LogP) is 6.76. The number of carboxylic acids is 1. The molecule has 4 aromatic carbocycles. The van der Waals surface area contributed by atoms with Gasteiger partial charge in [-0.1, -0.05) is 96.2 Å². The van der Waals surface area contributed by atoms with Gasteiger partial charge in [0.25, 0.3) is 5.69 Å². The van der Waals surface area contributed by atoms with Crippen molar-refractivity contribution in [2.24, 2.45) is 10.2 Å². The summed E-state index contributed by atoms with van der Waals surface area (Å²) in [5.74, 6) is -0.776. The van der Waals surface area contributed by atoms with Gasteiger partial charge in [-0.2, -0.15) is 5.01 Å². The number of nitrogens with one attached hydrogen (secondary N) is 2. The number of amides is 2. The molecule has 3 N–H and O–H groups in total. The van der Waals surface area contributed by atoms with E-state index in [2.05, 4.69) is 31.3 Å². The molecule has 5 aromatic rings. The first-order chi connectivity index (χ1) is 28.7. The highest BCUT2D eigenvalue weighted by Gasteiger charge is 2.31. The first-order valence-electron chi connectivity index (χ1n) is 19.1. The fourth-order valence-corrected chi connectivity index (χ4v) is 7.11. The number of aromatic nitrogens is 3. The number of hydrazine groups is 1. The number of benzene rings is 4. The zero-order chi connectivity index (χ0) is 41.3. The molecule has 2 aliphatic rings. The molecule has 17 heteroatoms. The number of carbonyl (C=O) groups excluding carboxylic acids is 2. The third-order valence-corrected chi connectivity index (χ3v) is 10.1. The zero-order valence-corrected chi connectivity index (χ0v) is 32.0. The van der Waals surface area contributed by atoms with E-state index in [1.165, 1.54) is 18.2 Å². The number of rotatable bonds is 16. The van der Waals surface area contributed by atoms with E-state index in [1.54, 1.807) is 36.0 Å². The lowest BCUT2D eigenvalue weighted by atomic mass is 9.98. The van der Waals surface area contributed by atoms with E-state index in [-0.39, 0.29) is 42.5 Å². The molecule has 0 fully saturated rings. The highest BCUT2D eigenvalue weighted by atomic mass is 16.6. The van der Waals surface area contributed by atoms with Gasteiger partial charge >= 0.3 is 18.2 Å². The Labute approximate surface area is 338 Å². The SMILES string of the molecule is CC(OC(=O)N1NC(c2ccccc2)=NN=C1CCc1cn(CCCC[C@H](NC(=O)OCC2c3ccccc3-c3ccccc32)C(=O)O)nn1)c1ccccc1[N+](=O)[O-]. The number of unbranched alkanes of at least 4 members (excludes halogenated alkanes) is 1. The normalized spacial score (nSPS) is 14.2. The van der Waals surface area contributed by atoms with Crippen LogP contribution in [0.15, 0.2) is 120 Å². The topological polar surface area (TPSA) is 216 Å². The first kappa shape index (κ1) is 39.8. The molecule has 2 atom stereocenters. The van der Waals surface area contributed by atoms with Crippen molar-refractivity contribution >= 4 is 35.5 Å². The van der Waals surface area contributed by atoms with Crippen LogP contribution in [0.4, 0.5) is 15.3 Å². The van der Waals surface area contributed by atoms with Crippen molar-refractivity contribution in [1.29, 1.82) is 0 Å². The molecule has 2 heterocycles. The highest BCUT2D eigenvalue weighted by Crippen LogP contribution is 2.44. The lowest BCUT2D eigenvalue weighted by molar-refractivity contribution is -0.386. The number of nitro benzene ring substituents is 1. The quantitative estimate of drug-likeness (QED) is 0.0538. The Morgan fingerprint density at radius 3 is 2.29 bits per heavy atom. The average Bonchev–Trinajstić information content (AvgIpc) is 3.85. The van der Waals surface area contributed by atoms with Crippen LogP contribution in [0.5, 0.6) is 0 Å². The number of para-hydroxylation sites is 1. The molecule has 0 spiro atoms. The van der Waals surface area contributed by atoms with E-state index in [0.717, 1.165) is 27.3 Å². The molecule has 1 aromatic heterocycles. The molecule has 1 aliphatic heterocycles. The second-order valence-electron chi connectivity index (χ2n) is 13.9. The number of amidine groups is 2. The molecule has 0 saturated carbocycles. The van der Waals surface area contributed by atoms with Gasteiger partial charge in [0.2, 0.25) is 0 Å². The van der Waals surface area contributed by atoms with Crippen LogP contribution in [0.3, 0.4) is 0 Å². The minimum absolute atomic E-state index is 0.0783. The molecule has 17 nitrogen and oxygen atoms in total. The molecular weight excluding hydrogens is 759 g/mol. The number of nitro groups is 1. The third-order valence-electron chi connectivity index (χ3n) is 10.1. The predicted molar refractivity (Wildman–Crippen MR) is 215 cm³/mol. The Kier molecular flexibility index (Phi) is 12.3. The van der Waals surface area contributed by atoms with Gasteiger partial charge in [-0.25, -0.2) is 14.4 Å². The van der Waals surface area contributed by atoms with Crippen LogP contribution >= 0.6 is 0 Å². The highest BCUT2D eigenvalue weighted by molar-refractivity contribution is 6.06. The van der Waals surface area contributed by atoms with E-state index < -0.39 is 35.2 Å². The van der Waals surface area contributed by atoms with E-state index in [9.17, 15) is 29.6 Å². The third kappa shape index (κ3) is 9.41. The molecule has 59 heavy (non-hydrogen) atoms. The zero-order valence-electron chi connectivity index (χ0n) is 32.0. The van der Waals surface area contributed by atoms with E-state index >= 15 is 0 Å². The Bertz CT molecular complexity index is 2350. The van der Waals surface area contributed by atoms with Gasteiger partial charge < -0.3 is 19.9 Å². The molecule has 1 aliphatic carbocycles. The van der Waals surface area contributed by atoms with Gasteiger partial charge in [0.05, 0.1) is 16.2 Å². The molecule has 302 valence electrons. The minimum Gasteiger partial charge on any atom is -0.480 e. The summed E-state index contributed by atoms with van der Waals surface area (Å²) in [6.07, 6.45) is 0.904. The number of alkyl carbamates (subject to hydrolysis) is 1. The van der Waals surface area contributed by atoms with Crippen molar-refractivity contribution in [3.63, 3.8) is 0 Å². The average molecular weight is 800 g/mol. The molecule has 0 radical (unpaired) electrons. The van der Waals surface area contributed by atoms with Gasteiger partial charge in [0.1, 0.15) is 18.8 Å². The Hall–Kier alpha value is -7.43. The second kappa shape index (κ2) is 18.2. The summed E-state index contributed by atoms with van der Waals surface area (Å²) in [7, 11) is 0. The van der Waals surface area contributed by atoms with Gasteiger partial charge in [-0.15, -0.1) is 15.3 Å². The van der Waals surface area contributed by atoms with Crippen LogP contribution in [0, 0.1) is 10.1 Å². The fourth-order valence-electron chi connectivity index (χ4n) is 7.11. The summed E-state index contributed by atoms with van der Waals surface area (Å²) in [5.41, 5.74) is 8.63. The van der Waals surface area contributed by atoms with Crippen molar-refractivity contribution in [2.45, 2.75) is 63.6 Å². The largest absolute Gasteiger partial charge is 0.480 e. The monoisotopic (exact) mass is 799 g/mol. The second-order valence-corrected chi connectivity index (χ2v) is 13.9. The molecular formula is C42H41N9O8. The van der Waals surface area contributed by atoms with E-state index in [0.29, 0.717) is 42.9 Å². The van der Waals surface area contributed by atoms with Crippen LogP contribution in [-0.4, -0.2) is 72.5 Å². The Morgan fingerprint density at radius 2 is 1.58 bits per heavy atom. The molecule has 0 bridgehead atoms. The molecule has 0 saturated heterocycles. The van der Waals surface area contributed by atoms with Gasteiger partial charge in [0.15, 0.2) is 11.7 Å². The summed E-state index contributed by atoms with van der Waals surface area (Å²) in [6, 6.07) is 29.9. The number of aliphatic carboxylic acids is 1. The number of fused-ring (bicyclic) bond motifs is 3. The Balaban J connectivity index is 0.905. The maximum absolute atomic E-state index is 13.6. The summed E-state index contributed by atoms with van der Waals surface area (Å²) in [5, 5.41) is 42.1. The maximum Gasteiger partial charge on any atom is 0.435 e. The lowest BCUT2D eigenvalue weighted by Gasteiger charge is -2.28. The number of aryl methyl sites for hydroxylation is 2. The summed E-state index contributed by atoms with van der Waals surface area (Å²) >= 11 is 0. The number of carboxylic acid groups (broad SMARTS) is 1. The van der Waals surface area contributed by atoms with Crippen LogP contribution in [0.25, 0.3) is 11.1 Å². The first-order valence-corrected chi connectivity index (χ1v) is 19.1. The number of hydrogen-bond acceptors (Lipinski definition) is 12. The number of carbonyl (C=O) groups is 3. The van der Waals surface area contributed by atoms with Crippen LogP contribution in [0.2, 0.25) is 0 Å². The van der Waals surface area contributed by atoms with Crippen molar-refractivity contribution in [3.05, 3.63) is 147 Å². The standard InChI is InChI=1S/C42H41N9O8/c1-27(30-15-9-10-21-37(30)51(56)57)59-42(55)50-38(45-46-39(47-50)28-13-3-2-4-14-28)23-22-29-25-49(48-44-29)24-12-11-20-36(40(52)53)43-41(54)58-26-35-33-18-7-5-16-31(33)32-17-6-8-19-34(32)35/h2-10,13-19,21,25,27,35-36H,11-12,20,22-24,26H2,1H3,(H,43,54)(H,46,47)(H,52,53)/t27?,36-/m0/s1. The minimum atomic E-state index is -1.16. The van der Waals surface area contributed by atoms with E-state index in [4.69, 9.17) is 9.47 Å². The Morgan fingerprint density at radius 1 is 0.898 bits per heavy atom. The fraction of sp³-hybridized carbons (Fsp3) is 0.262. The maximum atomic E-state index is 13.6. The van der Waals surface area contributed by atoms with Crippen molar-refractivity contribution in [2.75, 3.05) is 6.61 Å². The van der Waals surface area contributed by atoms with Crippen molar-refractivity contribution in [1.82, 2.24) is 30.7 Å². The van der Waals surface area contributed by atoms with Crippen molar-refractivity contribution < 1.29 is 33.9 Å². The lowest BCUT2D eigenvalue weighted by Crippen LogP contribution is -2.52. The molecule has 2 amide bonds. The number of hydrogen-bond donors (Lipinski definition) is 3. The number of nitrogens with zero attached hydrogens (tertiary/aromatic N) is 7. The van der Waals surface area contributed by atoms with Gasteiger partial charge in [0, 0.05) is 43.1 Å².